The van der Waals surface area contributed by atoms with E-state index in [1.54, 1.807) is 0 Å². The molecule has 16 atom stereocenters. The Hall–Kier alpha value is -0.360. The van der Waals surface area contributed by atoms with Gasteiger partial charge in [0, 0.05) is 5.92 Å². The molecule has 0 aromatic rings. The van der Waals surface area contributed by atoms with E-state index in [0.717, 1.165) is 44.9 Å². The largest absolute Gasteiger partial charge is 0.393 e. The van der Waals surface area contributed by atoms with Crippen molar-refractivity contribution < 1.29 is 44.8 Å². The number of rotatable bonds is 4. The van der Waals surface area contributed by atoms with Crippen LogP contribution in [0.4, 0.5) is 0 Å². The number of fused-ring (bicyclic) bond motifs is 2. The molecule has 7 rings (SSSR count). The number of hydrogen-bond donors (Lipinski definition) is 6. The zero-order valence-electron chi connectivity index (χ0n) is 27.8. The number of aliphatic hydroxyl groups excluding tert-OH is 5. The van der Waals surface area contributed by atoms with Crippen molar-refractivity contribution in [3.63, 3.8) is 0 Å². The second-order valence-corrected chi connectivity index (χ2v) is 18.3. The monoisotopic (exact) mass is 622 g/mol. The van der Waals surface area contributed by atoms with Crippen LogP contribution in [0.1, 0.15) is 106 Å². The first-order chi connectivity index (χ1) is 20.3. The molecule has 9 heteroatoms. The third kappa shape index (κ3) is 3.97. The summed E-state index contributed by atoms with van der Waals surface area (Å²) in [5.41, 5.74) is -2.01. The zero-order valence-corrected chi connectivity index (χ0v) is 27.8. The van der Waals surface area contributed by atoms with Crippen molar-refractivity contribution in [2.24, 2.45) is 44.8 Å². The van der Waals surface area contributed by atoms with Crippen molar-refractivity contribution in [2.45, 2.75) is 166 Å². The van der Waals surface area contributed by atoms with Crippen molar-refractivity contribution >= 4 is 0 Å². The summed E-state index contributed by atoms with van der Waals surface area (Å²) in [7, 11) is 0. The molecule has 6 N–H and O–H groups in total. The first-order valence-corrected chi connectivity index (χ1v) is 17.4. The molecule has 252 valence electrons. The fourth-order valence-corrected chi connectivity index (χ4v) is 13.4. The summed E-state index contributed by atoms with van der Waals surface area (Å²) < 4.78 is 18.7. The van der Waals surface area contributed by atoms with Crippen LogP contribution >= 0.6 is 0 Å². The minimum atomic E-state index is -1.33. The van der Waals surface area contributed by atoms with E-state index in [1.165, 1.54) is 0 Å². The Bertz CT molecular complexity index is 1160. The molecule has 7 fully saturated rings. The number of aliphatic hydroxyl groups is 6. The second kappa shape index (κ2) is 9.63. The van der Waals surface area contributed by atoms with Gasteiger partial charge in [-0.15, -0.1) is 0 Å². The first-order valence-electron chi connectivity index (χ1n) is 17.4. The Balaban J connectivity index is 1.15. The molecule has 2 aliphatic heterocycles. The van der Waals surface area contributed by atoms with Crippen molar-refractivity contribution in [3.05, 3.63) is 0 Å². The minimum Gasteiger partial charge on any atom is -0.393 e. The van der Waals surface area contributed by atoms with Gasteiger partial charge in [0.1, 0.15) is 18.3 Å². The van der Waals surface area contributed by atoms with Gasteiger partial charge in [-0.3, -0.25) is 0 Å². The quantitative estimate of drug-likeness (QED) is 0.260. The second-order valence-electron chi connectivity index (χ2n) is 18.3. The van der Waals surface area contributed by atoms with Crippen LogP contribution in [0.5, 0.6) is 0 Å². The minimum absolute atomic E-state index is 0.00753. The lowest BCUT2D eigenvalue weighted by Crippen LogP contribution is -2.63. The average molecular weight is 623 g/mol. The Morgan fingerprint density at radius 3 is 2.11 bits per heavy atom. The molecule has 7 aliphatic rings. The van der Waals surface area contributed by atoms with Gasteiger partial charge in [0.15, 0.2) is 6.29 Å². The first kappa shape index (κ1) is 32.2. The van der Waals surface area contributed by atoms with Crippen molar-refractivity contribution in [1.29, 1.82) is 0 Å². The molecule has 0 aromatic heterocycles. The van der Waals surface area contributed by atoms with Crippen LogP contribution in [0.2, 0.25) is 0 Å². The maximum atomic E-state index is 12.1. The Morgan fingerprint density at radius 2 is 1.45 bits per heavy atom. The van der Waals surface area contributed by atoms with Crippen molar-refractivity contribution in [1.82, 2.24) is 0 Å². The molecule has 9 nitrogen and oxygen atoms in total. The molecule has 5 aliphatic carbocycles. The number of hydrogen-bond acceptors (Lipinski definition) is 9. The van der Waals surface area contributed by atoms with E-state index in [2.05, 4.69) is 34.6 Å². The van der Waals surface area contributed by atoms with E-state index in [4.69, 9.17) is 14.2 Å². The molecular weight excluding hydrogens is 564 g/mol. The molecule has 0 amide bonds. The predicted molar refractivity (Wildman–Crippen MR) is 161 cm³/mol. The van der Waals surface area contributed by atoms with Crippen LogP contribution in [0.25, 0.3) is 0 Å². The van der Waals surface area contributed by atoms with Gasteiger partial charge in [0.25, 0.3) is 0 Å². The van der Waals surface area contributed by atoms with Crippen molar-refractivity contribution in [2.75, 3.05) is 6.61 Å². The fraction of sp³-hybridized carbons (Fsp3) is 1.00. The van der Waals surface area contributed by atoms with Crippen LogP contribution in [0.15, 0.2) is 0 Å². The molecule has 44 heavy (non-hydrogen) atoms. The van der Waals surface area contributed by atoms with Gasteiger partial charge < -0.3 is 44.8 Å². The predicted octanol–water partition coefficient (Wildman–Crippen LogP) is 2.90. The summed E-state index contributed by atoms with van der Waals surface area (Å²) >= 11 is 0. The van der Waals surface area contributed by atoms with Crippen LogP contribution in [0, 0.1) is 44.8 Å². The third-order valence-electron chi connectivity index (χ3n) is 15.5. The van der Waals surface area contributed by atoms with Crippen LogP contribution < -0.4 is 0 Å². The Labute approximate surface area is 262 Å². The third-order valence-corrected chi connectivity index (χ3v) is 15.5. The van der Waals surface area contributed by atoms with Gasteiger partial charge >= 0.3 is 0 Å². The lowest BCUT2D eigenvalue weighted by atomic mass is 9.41. The molecule has 0 radical (unpaired) electrons. The summed E-state index contributed by atoms with van der Waals surface area (Å²) in [6, 6.07) is 0. The fourth-order valence-electron chi connectivity index (χ4n) is 13.4. The lowest BCUT2D eigenvalue weighted by molar-refractivity contribution is -0.306. The normalized spacial score (nSPS) is 59.8. The molecule has 0 unspecified atom stereocenters. The van der Waals surface area contributed by atoms with Crippen LogP contribution in [-0.2, 0) is 14.2 Å². The summed E-state index contributed by atoms with van der Waals surface area (Å²) in [5, 5.41) is 65.5. The highest BCUT2D eigenvalue weighted by atomic mass is 16.7. The zero-order chi connectivity index (χ0) is 32.0. The van der Waals surface area contributed by atoms with E-state index >= 15 is 0 Å². The van der Waals surface area contributed by atoms with Gasteiger partial charge in [-0.1, -0.05) is 27.7 Å². The molecule has 0 bridgehead atoms. The van der Waals surface area contributed by atoms with E-state index in [9.17, 15) is 30.6 Å². The molecule has 5 saturated carbocycles. The van der Waals surface area contributed by atoms with Gasteiger partial charge in [-0.25, -0.2) is 0 Å². The Morgan fingerprint density at radius 1 is 0.750 bits per heavy atom. The van der Waals surface area contributed by atoms with Crippen LogP contribution in [-0.4, -0.2) is 97.5 Å². The standard InChI is InChI=1S/C35H58O9/c1-29(2)22(43-28-25(40)24(39)20(38)16-42-28)9-11-35-17-34(35)13-12-31(5)27(33(7)10-8-23(44-33)30(3,4)41)19(37)15-32(31,6)21(34)14-18(36)26(29)35/h18-28,36-41H,8-17H2,1-7H3/t18-,19+,20+,21+,22-,23+,24+,25+,26-,27-,28+,31-,32+,33-,34+,35-/m1/s1. The highest BCUT2D eigenvalue weighted by Crippen LogP contribution is 2.89. The van der Waals surface area contributed by atoms with Crippen LogP contribution in [0.3, 0.4) is 0 Å². The summed E-state index contributed by atoms with van der Waals surface area (Å²) in [6.07, 6.45) is 1.57. The molecular formula is C35H58O9. The van der Waals surface area contributed by atoms with E-state index < -0.39 is 53.4 Å². The molecule has 2 heterocycles. The summed E-state index contributed by atoms with van der Waals surface area (Å²) in [6.45, 7) is 14.8. The van der Waals surface area contributed by atoms with E-state index in [-0.39, 0.29) is 52.3 Å². The highest BCUT2D eigenvalue weighted by Gasteiger charge is 2.85. The topological polar surface area (TPSA) is 149 Å². The molecule has 2 saturated heterocycles. The van der Waals surface area contributed by atoms with Gasteiger partial charge in [0.05, 0.1) is 42.2 Å². The van der Waals surface area contributed by atoms with Gasteiger partial charge in [0.2, 0.25) is 0 Å². The Kier molecular flexibility index (Phi) is 7.04. The maximum absolute atomic E-state index is 12.1. The highest BCUT2D eigenvalue weighted by molar-refractivity contribution is 5.33. The molecule has 2 spiro atoms. The SMILES string of the molecule is CC(C)(O)[C@@H]1CC[C@](C)([C@@H]2[C@@H](O)C[C@@]3(C)[C@@H]4C[C@@H](O)[C@@H]5C(C)(C)[C@H](O[C@@H]6OC[C@H](O)[C@H](O)[C@@H]6O)CC[C@@]56C[C@@]46CC[C@]23C)O1. The smallest absolute Gasteiger partial charge is 0.186 e. The van der Waals surface area contributed by atoms with Gasteiger partial charge in [-0.05, 0) is 117 Å². The van der Waals surface area contributed by atoms with E-state index in [0.29, 0.717) is 18.8 Å². The van der Waals surface area contributed by atoms with E-state index in [1.807, 2.05) is 13.8 Å². The lowest BCUT2D eigenvalue weighted by Gasteiger charge is -2.64. The summed E-state index contributed by atoms with van der Waals surface area (Å²) in [4.78, 5) is 0. The maximum Gasteiger partial charge on any atom is 0.186 e. The molecule has 0 aromatic carbocycles. The van der Waals surface area contributed by atoms with Crippen molar-refractivity contribution in [3.8, 4) is 0 Å². The van der Waals surface area contributed by atoms with Gasteiger partial charge in [-0.2, -0.15) is 0 Å². The average Bonchev–Trinajstić information content (AvgIpc) is 3.27. The number of ether oxygens (including phenoxy) is 3. The summed E-state index contributed by atoms with van der Waals surface area (Å²) in [5.74, 6) is 0.285.